The Morgan fingerprint density at radius 3 is 2.56 bits per heavy atom. The minimum absolute atomic E-state index is 0.141. The van der Waals surface area contributed by atoms with Gasteiger partial charge in [-0.1, -0.05) is 30.3 Å². The van der Waals surface area contributed by atoms with Crippen LogP contribution in [0.3, 0.4) is 0 Å². The van der Waals surface area contributed by atoms with E-state index in [0.717, 1.165) is 5.56 Å². The molecule has 0 N–H and O–H groups in total. The first-order valence-corrected chi connectivity index (χ1v) is 8.12. The molecule has 1 unspecified atom stereocenters. The second-order valence-electron chi connectivity index (χ2n) is 6.47. The Bertz CT molecular complexity index is 752. The monoisotopic (exact) mass is 343 g/mol. The van der Waals surface area contributed by atoms with E-state index in [0.29, 0.717) is 17.8 Å². The summed E-state index contributed by atoms with van der Waals surface area (Å²) in [5.41, 5.74) is -0.115. The topological polar surface area (TPSA) is 69.0 Å². The van der Waals surface area contributed by atoms with E-state index >= 15 is 0 Å². The SMILES string of the molecule is Cc1ccc([C@H]2C(C=O)OC(C)(C)N2C(=O)OCc2ccccc2)o1. The standard InChI is InChI=1S/C19H21NO5/c1-13-9-10-15(24-13)17-16(11-21)25-19(2,3)20(17)18(22)23-12-14-7-5-4-6-8-14/h4-11,16-17H,12H2,1-3H3/t16?,17-/m0/s1. The average molecular weight is 343 g/mol. The van der Waals surface area contributed by atoms with Crippen LogP contribution in [-0.4, -0.2) is 29.1 Å². The molecule has 2 atom stereocenters. The van der Waals surface area contributed by atoms with Gasteiger partial charge in [-0.15, -0.1) is 0 Å². The molecule has 0 saturated carbocycles. The van der Waals surface area contributed by atoms with Crippen LogP contribution in [0.1, 0.15) is 37.0 Å². The van der Waals surface area contributed by atoms with E-state index in [1.807, 2.05) is 30.3 Å². The molecule has 0 radical (unpaired) electrons. The number of ether oxygens (including phenoxy) is 2. The third-order valence-electron chi connectivity index (χ3n) is 4.18. The van der Waals surface area contributed by atoms with Gasteiger partial charge >= 0.3 is 6.09 Å². The maximum absolute atomic E-state index is 12.8. The third-order valence-corrected chi connectivity index (χ3v) is 4.18. The summed E-state index contributed by atoms with van der Waals surface area (Å²) in [6, 6.07) is 12.3. The number of aldehydes is 1. The molecule has 1 aromatic carbocycles. The van der Waals surface area contributed by atoms with Crippen molar-refractivity contribution in [1.29, 1.82) is 0 Å². The molecule has 25 heavy (non-hydrogen) atoms. The number of carbonyl (C=O) groups excluding carboxylic acids is 2. The Morgan fingerprint density at radius 1 is 1.24 bits per heavy atom. The largest absolute Gasteiger partial charge is 0.464 e. The highest BCUT2D eigenvalue weighted by atomic mass is 16.6. The Hall–Kier alpha value is -2.60. The summed E-state index contributed by atoms with van der Waals surface area (Å²) in [5, 5.41) is 0. The van der Waals surface area contributed by atoms with E-state index < -0.39 is 24.0 Å². The molecule has 0 bridgehead atoms. The minimum Gasteiger partial charge on any atom is -0.464 e. The number of furan rings is 1. The second kappa shape index (κ2) is 6.72. The van der Waals surface area contributed by atoms with Gasteiger partial charge < -0.3 is 18.7 Å². The van der Waals surface area contributed by atoms with Crippen LogP contribution in [0.5, 0.6) is 0 Å². The molecule has 1 fully saturated rings. The Kier molecular flexibility index (Phi) is 4.63. The fourth-order valence-corrected chi connectivity index (χ4v) is 3.06. The van der Waals surface area contributed by atoms with Crippen LogP contribution in [0.2, 0.25) is 0 Å². The van der Waals surface area contributed by atoms with Crippen molar-refractivity contribution in [2.45, 2.75) is 45.2 Å². The van der Waals surface area contributed by atoms with Gasteiger partial charge in [0.25, 0.3) is 0 Å². The van der Waals surface area contributed by atoms with Gasteiger partial charge in [0.2, 0.25) is 0 Å². The first-order valence-electron chi connectivity index (χ1n) is 8.12. The van der Waals surface area contributed by atoms with Crippen LogP contribution in [0, 0.1) is 6.92 Å². The second-order valence-corrected chi connectivity index (χ2v) is 6.47. The van der Waals surface area contributed by atoms with Crippen LogP contribution >= 0.6 is 0 Å². The predicted molar refractivity (Wildman–Crippen MR) is 89.7 cm³/mol. The summed E-state index contributed by atoms with van der Waals surface area (Å²) in [7, 11) is 0. The van der Waals surface area contributed by atoms with Gasteiger partial charge in [-0.2, -0.15) is 0 Å². The van der Waals surface area contributed by atoms with E-state index in [1.54, 1.807) is 32.9 Å². The number of carbonyl (C=O) groups is 2. The Labute approximate surface area is 146 Å². The number of nitrogens with zero attached hydrogens (tertiary/aromatic N) is 1. The van der Waals surface area contributed by atoms with Gasteiger partial charge in [0.15, 0.2) is 6.29 Å². The van der Waals surface area contributed by atoms with Gasteiger partial charge in [0, 0.05) is 0 Å². The molecule has 1 saturated heterocycles. The fraction of sp³-hybridized carbons (Fsp3) is 0.368. The van der Waals surface area contributed by atoms with Crippen molar-refractivity contribution in [3.8, 4) is 0 Å². The van der Waals surface area contributed by atoms with Crippen molar-refractivity contribution in [1.82, 2.24) is 4.90 Å². The summed E-state index contributed by atoms with van der Waals surface area (Å²) in [4.78, 5) is 25.7. The zero-order valence-electron chi connectivity index (χ0n) is 14.5. The van der Waals surface area contributed by atoms with Gasteiger partial charge in [0.1, 0.15) is 36.0 Å². The van der Waals surface area contributed by atoms with E-state index in [2.05, 4.69) is 0 Å². The van der Waals surface area contributed by atoms with E-state index in [4.69, 9.17) is 13.9 Å². The van der Waals surface area contributed by atoms with E-state index in [-0.39, 0.29) is 6.61 Å². The van der Waals surface area contributed by atoms with Gasteiger partial charge in [-0.05, 0) is 38.5 Å². The van der Waals surface area contributed by atoms with E-state index in [9.17, 15) is 9.59 Å². The molecular formula is C19H21NO5. The number of aryl methyl sites for hydroxylation is 1. The lowest BCUT2D eigenvalue weighted by Gasteiger charge is -2.31. The molecule has 1 amide bonds. The maximum Gasteiger partial charge on any atom is 0.413 e. The predicted octanol–water partition coefficient (Wildman–Crippen LogP) is 3.60. The fourth-order valence-electron chi connectivity index (χ4n) is 3.06. The lowest BCUT2D eigenvalue weighted by atomic mass is 10.1. The maximum atomic E-state index is 12.8. The molecule has 0 aliphatic carbocycles. The molecule has 3 rings (SSSR count). The first kappa shape index (κ1) is 17.2. The van der Waals surface area contributed by atoms with Crippen LogP contribution in [0.4, 0.5) is 4.79 Å². The molecule has 1 aliphatic rings. The number of amides is 1. The summed E-state index contributed by atoms with van der Waals surface area (Å²) < 4.78 is 16.9. The molecule has 6 heteroatoms. The normalized spacial score (nSPS) is 22.0. The highest BCUT2D eigenvalue weighted by molar-refractivity contribution is 5.72. The van der Waals surface area contributed by atoms with Crippen molar-refractivity contribution in [2.75, 3.05) is 0 Å². The number of hydrogen-bond donors (Lipinski definition) is 0. The van der Waals surface area contributed by atoms with Crippen LogP contribution < -0.4 is 0 Å². The van der Waals surface area contributed by atoms with Crippen LogP contribution in [0.25, 0.3) is 0 Å². The van der Waals surface area contributed by atoms with Crippen LogP contribution in [-0.2, 0) is 20.9 Å². The minimum atomic E-state index is -0.995. The highest BCUT2D eigenvalue weighted by Crippen LogP contribution is 2.41. The molecule has 2 heterocycles. The summed E-state index contributed by atoms with van der Waals surface area (Å²) in [6.45, 7) is 5.40. The smallest absolute Gasteiger partial charge is 0.413 e. The summed E-state index contributed by atoms with van der Waals surface area (Å²) >= 11 is 0. The highest BCUT2D eigenvalue weighted by Gasteiger charge is 2.52. The van der Waals surface area contributed by atoms with Crippen molar-refractivity contribution < 1.29 is 23.5 Å². The van der Waals surface area contributed by atoms with Gasteiger partial charge in [-0.3, -0.25) is 4.90 Å². The van der Waals surface area contributed by atoms with E-state index in [1.165, 1.54) is 4.90 Å². The molecule has 1 aliphatic heterocycles. The molecule has 1 aromatic heterocycles. The third kappa shape index (κ3) is 3.44. The molecule has 0 spiro atoms. The van der Waals surface area contributed by atoms with Crippen molar-refractivity contribution >= 4 is 12.4 Å². The van der Waals surface area contributed by atoms with Crippen molar-refractivity contribution in [2.24, 2.45) is 0 Å². The molecule has 6 nitrogen and oxygen atoms in total. The lowest BCUT2D eigenvalue weighted by molar-refractivity contribution is -0.123. The molecule has 132 valence electrons. The molecular weight excluding hydrogens is 322 g/mol. The van der Waals surface area contributed by atoms with Gasteiger partial charge in [-0.25, -0.2) is 4.79 Å². The van der Waals surface area contributed by atoms with Crippen molar-refractivity contribution in [3.05, 3.63) is 59.5 Å². The number of rotatable bonds is 4. The Balaban J connectivity index is 1.84. The Morgan fingerprint density at radius 2 is 1.96 bits per heavy atom. The quantitative estimate of drug-likeness (QED) is 0.793. The number of benzene rings is 1. The lowest BCUT2D eigenvalue weighted by Crippen LogP contribution is -2.45. The van der Waals surface area contributed by atoms with Crippen molar-refractivity contribution in [3.63, 3.8) is 0 Å². The van der Waals surface area contributed by atoms with Gasteiger partial charge in [0.05, 0.1) is 0 Å². The van der Waals surface area contributed by atoms with Crippen LogP contribution in [0.15, 0.2) is 46.9 Å². The summed E-state index contributed by atoms with van der Waals surface area (Å²) in [6.07, 6.45) is -0.684. The summed E-state index contributed by atoms with van der Waals surface area (Å²) in [5.74, 6) is 1.19. The zero-order chi connectivity index (χ0) is 18.0. The zero-order valence-corrected chi connectivity index (χ0v) is 14.5. The average Bonchev–Trinajstić information content (AvgIpc) is 3.13. The first-order chi connectivity index (χ1) is 11.9. The number of hydrogen-bond acceptors (Lipinski definition) is 5. The molecule has 2 aromatic rings.